The number of rotatable bonds is 6. The summed E-state index contributed by atoms with van der Waals surface area (Å²) in [4.78, 5) is 0. The van der Waals surface area contributed by atoms with Gasteiger partial charge in [0.2, 0.25) is 0 Å². The summed E-state index contributed by atoms with van der Waals surface area (Å²) in [5.74, 6) is 2.12. The molecule has 2 rings (SSSR count). The molecule has 0 aromatic heterocycles. The first kappa shape index (κ1) is 16.2. The van der Waals surface area contributed by atoms with E-state index in [1.54, 1.807) is 38.5 Å². The number of nitriles is 2. The Bertz CT molecular complexity index is 773. The van der Waals surface area contributed by atoms with Gasteiger partial charge in [-0.3, -0.25) is 0 Å². The first-order valence-corrected chi connectivity index (χ1v) is 6.97. The van der Waals surface area contributed by atoms with Gasteiger partial charge in [-0.1, -0.05) is 12.1 Å². The fraction of sp³-hybridized carbons (Fsp3) is 0.222. The summed E-state index contributed by atoms with van der Waals surface area (Å²) in [6.45, 7) is 0. The van der Waals surface area contributed by atoms with Gasteiger partial charge >= 0.3 is 0 Å². The lowest BCUT2D eigenvalue weighted by Gasteiger charge is -2.14. The molecule has 0 aliphatic heterocycles. The van der Waals surface area contributed by atoms with Crippen molar-refractivity contribution in [2.45, 2.75) is 12.8 Å². The number of hydrogen-bond donors (Lipinski definition) is 0. The third-order valence-electron chi connectivity index (χ3n) is 3.24. The van der Waals surface area contributed by atoms with Crippen LogP contribution in [-0.4, -0.2) is 14.2 Å². The summed E-state index contributed by atoms with van der Waals surface area (Å²) in [5, 5.41) is 17.6. The smallest absolute Gasteiger partial charge is 0.169 e. The van der Waals surface area contributed by atoms with Crippen LogP contribution < -0.4 is 14.2 Å². The highest BCUT2D eigenvalue weighted by Gasteiger charge is 2.11. The van der Waals surface area contributed by atoms with Crippen molar-refractivity contribution in [2.75, 3.05) is 14.2 Å². The average Bonchev–Trinajstić information content (AvgIpc) is 2.57. The molecule has 2 aromatic rings. The molecule has 0 N–H and O–H groups in total. The lowest BCUT2D eigenvalue weighted by molar-refractivity contribution is 0.356. The van der Waals surface area contributed by atoms with Crippen molar-refractivity contribution in [3.63, 3.8) is 0 Å². The maximum atomic E-state index is 8.82. The van der Waals surface area contributed by atoms with Crippen LogP contribution in [0.4, 0.5) is 0 Å². The fourth-order valence-electron chi connectivity index (χ4n) is 2.12. The maximum absolute atomic E-state index is 8.82. The highest BCUT2D eigenvalue weighted by Crippen LogP contribution is 2.37. The summed E-state index contributed by atoms with van der Waals surface area (Å²) in [6, 6.07) is 14.9. The lowest BCUT2D eigenvalue weighted by Crippen LogP contribution is -1.95. The van der Waals surface area contributed by atoms with Crippen molar-refractivity contribution in [1.82, 2.24) is 0 Å². The van der Waals surface area contributed by atoms with Crippen molar-refractivity contribution in [1.29, 1.82) is 10.5 Å². The first-order valence-electron chi connectivity index (χ1n) is 6.97. The Hall–Kier alpha value is -3.18. The summed E-state index contributed by atoms with van der Waals surface area (Å²) < 4.78 is 16.5. The molecular formula is C18H16N2O3. The second-order valence-corrected chi connectivity index (χ2v) is 4.74. The Morgan fingerprint density at radius 1 is 0.739 bits per heavy atom. The topological polar surface area (TPSA) is 75.3 Å². The summed E-state index contributed by atoms with van der Waals surface area (Å²) >= 11 is 0. The molecule has 116 valence electrons. The van der Waals surface area contributed by atoms with Crippen LogP contribution in [0.15, 0.2) is 36.4 Å². The van der Waals surface area contributed by atoms with Gasteiger partial charge in [-0.15, -0.1) is 0 Å². The number of ether oxygens (including phenoxy) is 3. The van der Waals surface area contributed by atoms with E-state index in [2.05, 4.69) is 12.1 Å². The predicted octanol–water partition coefficient (Wildman–Crippen LogP) is 3.63. The third-order valence-corrected chi connectivity index (χ3v) is 3.24. The Morgan fingerprint density at radius 3 is 1.78 bits per heavy atom. The number of benzene rings is 2. The molecule has 0 spiro atoms. The molecule has 0 heterocycles. The predicted molar refractivity (Wildman–Crippen MR) is 84.7 cm³/mol. The molecule has 2 aromatic carbocycles. The second kappa shape index (κ2) is 7.72. The molecule has 0 radical (unpaired) electrons. The highest BCUT2D eigenvalue weighted by atomic mass is 16.5. The summed E-state index contributed by atoms with van der Waals surface area (Å²) in [7, 11) is 3.10. The number of hydrogen-bond acceptors (Lipinski definition) is 5. The standard InChI is InChI=1S/C18H16N2O3/c1-21-15-5-3-14(8-10-20)12-18(15)23-16-6-4-13(7-9-19)11-17(16)22-2/h3-6,11-12H,7-8H2,1-2H3. The Kier molecular flexibility index (Phi) is 5.44. The van der Waals surface area contributed by atoms with Gasteiger partial charge in [-0.2, -0.15) is 10.5 Å². The highest BCUT2D eigenvalue weighted by molar-refractivity contribution is 5.50. The minimum atomic E-state index is 0.290. The normalized spacial score (nSPS) is 9.57. The van der Waals surface area contributed by atoms with Crippen molar-refractivity contribution < 1.29 is 14.2 Å². The SMILES string of the molecule is COc1cc(CC#N)ccc1Oc1cc(CC#N)ccc1OC. The Morgan fingerprint density at radius 2 is 1.26 bits per heavy atom. The molecule has 23 heavy (non-hydrogen) atoms. The van der Waals surface area contributed by atoms with Gasteiger partial charge in [0.1, 0.15) is 0 Å². The minimum absolute atomic E-state index is 0.290. The van der Waals surface area contributed by atoms with E-state index in [-0.39, 0.29) is 0 Å². The Balaban J connectivity index is 2.36. The molecule has 0 unspecified atom stereocenters. The van der Waals surface area contributed by atoms with E-state index in [9.17, 15) is 0 Å². The van der Waals surface area contributed by atoms with Crippen LogP contribution in [0.3, 0.4) is 0 Å². The van der Waals surface area contributed by atoms with Gasteiger partial charge in [0.15, 0.2) is 23.0 Å². The molecule has 0 aliphatic carbocycles. The lowest BCUT2D eigenvalue weighted by atomic mass is 10.1. The minimum Gasteiger partial charge on any atom is -0.493 e. The van der Waals surface area contributed by atoms with Gasteiger partial charge in [-0.25, -0.2) is 0 Å². The van der Waals surface area contributed by atoms with E-state index < -0.39 is 0 Å². The van der Waals surface area contributed by atoms with Gasteiger partial charge in [0.25, 0.3) is 0 Å². The average molecular weight is 308 g/mol. The van der Waals surface area contributed by atoms with Gasteiger partial charge in [0, 0.05) is 0 Å². The fourth-order valence-corrected chi connectivity index (χ4v) is 2.12. The zero-order chi connectivity index (χ0) is 16.7. The molecule has 0 amide bonds. The van der Waals surface area contributed by atoms with Gasteiger partial charge in [0.05, 0.1) is 39.2 Å². The van der Waals surface area contributed by atoms with Crippen molar-refractivity contribution >= 4 is 0 Å². The molecule has 0 aliphatic rings. The van der Waals surface area contributed by atoms with Crippen molar-refractivity contribution in [3.05, 3.63) is 47.5 Å². The van der Waals surface area contributed by atoms with E-state index in [0.717, 1.165) is 11.1 Å². The van der Waals surface area contributed by atoms with E-state index in [0.29, 0.717) is 35.8 Å². The van der Waals surface area contributed by atoms with Crippen LogP contribution in [0.25, 0.3) is 0 Å². The monoisotopic (exact) mass is 308 g/mol. The van der Waals surface area contributed by atoms with Crippen molar-refractivity contribution in [3.8, 4) is 35.1 Å². The van der Waals surface area contributed by atoms with Crippen LogP contribution in [0, 0.1) is 22.7 Å². The molecule has 5 heteroatoms. The molecular weight excluding hydrogens is 292 g/mol. The van der Waals surface area contributed by atoms with Crippen LogP contribution in [0.5, 0.6) is 23.0 Å². The first-order chi connectivity index (χ1) is 11.2. The van der Waals surface area contributed by atoms with Gasteiger partial charge in [-0.05, 0) is 35.4 Å². The van der Waals surface area contributed by atoms with Crippen LogP contribution in [0.1, 0.15) is 11.1 Å². The largest absolute Gasteiger partial charge is 0.493 e. The van der Waals surface area contributed by atoms with E-state index >= 15 is 0 Å². The Labute approximate surface area is 135 Å². The molecule has 5 nitrogen and oxygen atoms in total. The third kappa shape index (κ3) is 3.93. The van der Waals surface area contributed by atoms with Crippen LogP contribution in [-0.2, 0) is 12.8 Å². The summed E-state index contributed by atoms with van der Waals surface area (Å²) in [6.07, 6.45) is 0.593. The van der Waals surface area contributed by atoms with Crippen molar-refractivity contribution in [2.24, 2.45) is 0 Å². The molecule has 0 bridgehead atoms. The molecule has 0 saturated heterocycles. The molecule has 0 saturated carbocycles. The van der Waals surface area contributed by atoms with Crippen LogP contribution >= 0.6 is 0 Å². The van der Waals surface area contributed by atoms with E-state index in [1.165, 1.54) is 0 Å². The van der Waals surface area contributed by atoms with E-state index in [4.69, 9.17) is 24.7 Å². The molecule has 0 atom stereocenters. The number of methoxy groups -OCH3 is 2. The number of nitrogens with zero attached hydrogens (tertiary/aromatic N) is 2. The zero-order valence-electron chi connectivity index (χ0n) is 13.0. The van der Waals surface area contributed by atoms with Crippen LogP contribution in [0.2, 0.25) is 0 Å². The summed E-state index contributed by atoms with van der Waals surface area (Å²) in [5.41, 5.74) is 1.69. The van der Waals surface area contributed by atoms with Gasteiger partial charge < -0.3 is 14.2 Å². The maximum Gasteiger partial charge on any atom is 0.169 e. The second-order valence-electron chi connectivity index (χ2n) is 4.74. The quantitative estimate of drug-likeness (QED) is 0.814. The zero-order valence-corrected chi connectivity index (χ0v) is 13.0. The van der Waals surface area contributed by atoms with E-state index in [1.807, 2.05) is 12.1 Å². The molecule has 0 fully saturated rings.